The molecule has 7 heteroatoms. The van der Waals surface area contributed by atoms with Gasteiger partial charge >= 0.3 is 0 Å². The summed E-state index contributed by atoms with van der Waals surface area (Å²) in [5.41, 5.74) is 15.0. The quantitative estimate of drug-likeness (QED) is 0.404. The lowest BCUT2D eigenvalue weighted by Gasteiger charge is -2.23. The van der Waals surface area contributed by atoms with Crippen LogP contribution in [0.1, 0.15) is 22.3 Å². The van der Waals surface area contributed by atoms with Crippen molar-refractivity contribution in [3.05, 3.63) is 70.8 Å². The molecule has 1 fully saturated rings. The van der Waals surface area contributed by atoms with Crippen LogP contribution in [-0.2, 0) is 12.8 Å². The maximum atomic E-state index is 7.48. The predicted octanol–water partition coefficient (Wildman–Crippen LogP) is 1.64. The van der Waals surface area contributed by atoms with Gasteiger partial charge in [0.15, 0.2) is 5.96 Å². The molecule has 1 heterocycles. The third kappa shape index (κ3) is 5.13. The van der Waals surface area contributed by atoms with E-state index >= 15 is 0 Å². The number of nitrogens with zero attached hydrogens (tertiary/aromatic N) is 3. The molecular weight excluding hydrogens is 362 g/mol. The molecule has 1 aliphatic rings. The van der Waals surface area contributed by atoms with Gasteiger partial charge in [0.05, 0.1) is 0 Å². The van der Waals surface area contributed by atoms with Gasteiger partial charge in [0, 0.05) is 44.4 Å². The van der Waals surface area contributed by atoms with Gasteiger partial charge in [-0.15, -0.1) is 0 Å². The number of benzene rings is 2. The maximum Gasteiger partial charge on any atom is 0.196 e. The van der Waals surface area contributed by atoms with Crippen molar-refractivity contribution < 1.29 is 0 Å². The van der Waals surface area contributed by atoms with Crippen molar-refractivity contribution in [3.63, 3.8) is 0 Å². The fourth-order valence-corrected chi connectivity index (χ4v) is 3.58. The number of guanidine groups is 1. The molecule has 1 aliphatic heterocycles. The van der Waals surface area contributed by atoms with Crippen LogP contribution in [-0.4, -0.2) is 60.7 Å². The summed E-state index contributed by atoms with van der Waals surface area (Å²) in [6.45, 7) is 3.77. The summed E-state index contributed by atoms with van der Waals surface area (Å²) in [5, 5.41) is 15.0. The zero-order valence-corrected chi connectivity index (χ0v) is 16.9. The van der Waals surface area contributed by atoms with Gasteiger partial charge in [0.25, 0.3) is 0 Å². The van der Waals surface area contributed by atoms with E-state index in [0.29, 0.717) is 0 Å². The molecule has 0 amide bonds. The molecule has 7 nitrogen and oxygen atoms in total. The molecule has 0 radical (unpaired) electrons. The summed E-state index contributed by atoms with van der Waals surface area (Å²) in [6, 6.07) is 15.8. The molecule has 2 aromatic carbocycles. The van der Waals surface area contributed by atoms with E-state index in [-0.39, 0.29) is 11.7 Å². The average Bonchev–Trinajstić information content (AvgIpc) is 3.13. The molecular formula is C22H29N7. The lowest BCUT2D eigenvalue weighted by Crippen LogP contribution is -2.35. The Morgan fingerprint density at radius 2 is 1.17 bits per heavy atom. The summed E-state index contributed by atoms with van der Waals surface area (Å²) in [5.74, 6) is 1.25. The highest BCUT2D eigenvalue weighted by Crippen LogP contribution is 2.13. The van der Waals surface area contributed by atoms with Crippen LogP contribution in [0, 0.1) is 10.8 Å². The second kappa shape index (κ2) is 9.23. The zero-order valence-electron chi connectivity index (χ0n) is 16.9. The molecule has 0 aromatic heterocycles. The van der Waals surface area contributed by atoms with Gasteiger partial charge in [-0.1, -0.05) is 48.5 Å². The van der Waals surface area contributed by atoms with E-state index in [0.717, 1.165) is 56.1 Å². The number of nitrogens with two attached hydrogens (primary N) is 2. The van der Waals surface area contributed by atoms with E-state index in [1.165, 1.54) is 11.1 Å². The first-order valence-corrected chi connectivity index (χ1v) is 9.81. The van der Waals surface area contributed by atoms with Crippen LogP contribution in [0.2, 0.25) is 0 Å². The lowest BCUT2D eigenvalue weighted by atomic mass is 10.1. The van der Waals surface area contributed by atoms with Crippen molar-refractivity contribution in [1.82, 2.24) is 9.80 Å². The first-order valence-electron chi connectivity index (χ1n) is 9.81. The smallest absolute Gasteiger partial charge is 0.196 e. The van der Waals surface area contributed by atoms with E-state index in [1.807, 2.05) is 55.6 Å². The number of hydrogen-bond acceptors (Lipinski definition) is 3. The van der Waals surface area contributed by atoms with Crippen LogP contribution >= 0.6 is 0 Å². The number of nitrogen functional groups attached to an aromatic ring is 2. The van der Waals surface area contributed by atoms with E-state index in [2.05, 4.69) is 14.8 Å². The first kappa shape index (κ1) is 20.4. The van der Waals surface area contributed by atoms with Crippen LogP contribution in [0.4, 0.5) is 0 Å². The third-order valence-corrected chi connectivity index (χ3v) is 5.28. The Hall–Kier alpha value is -3.35. The zero-order chi connectivity index (χ0) is 20.8. The highest BCUT2D eigenvalue weighted by atomic mass is 15.4. The summed E-state index contributed by atoms with van der Waals surface area (Å²) in [4.78, 5) is 9.19. The highest BCUT2D eigenvalue weighted by Gasteiger charge is 2.25. The number of rotatable bonds is 8. The SMILES string of the molecule is CN=C1N(CCc2ccc(C(=N)N)cc2)CCN1CCc1ccc(C(=N)N)cc1. The Bertz CT molecular complexity index is 813. The van der Waals surface area contributed by atoms with E-state index in [4.69, 9.17) is 22.3 Å². The van der Waals surface area contributed by atoms with E-state index in [9.17, 15) is 0 Å². The van der Waals surface area contributed by atoms with Crippen molar-refractivity contribution in [2.75, 3.05) is 33.2 Å². The third-order valence-electron chi connectivity index (χ3n) is 5.28. The van der Waals surface area contributed by atoms with Crippen LogP contribution in [0.3, 0.4) is 0 Å². The van der Waals surface area contributed by atoms with Crippen molar-refractivity contribution in [2.45, 2.75) is 12.8 Å². The number of hydrogen-bond donors (Lipinski definition) is 4. The molecule has 0 aliphatic carbocycles. The highest BCUT2D eigenvalue weighted by molar-refractivity contribution is 5.95. The fraction of sp³-hybridized carbons (Fsp3) is 0.318. The van der Waals surface area contributed by atoms with Crippen molar-refractivity contribution in [2.24, 2.45) is 16.5 Å². The molecule has 0 atom stereocenters. The van der Waals surface area contributed by atoms with Crippen molar-refractivity contribution in [3.8, 4) is 0 Å². The largest absolute Gasteiger partial charge is 0.384 e. The van der Waals surface area contributed by atoms with E-state index < -0.39 is 0 Å². The molecule has 0 saturated carbocycles. The maximum absolute atomic E-state index is 7.48. The molecule has 0 bridgehead atoms. The molecule has 0 unspecified atom stereocenters. The topological polar surface area (TPSA) is 119 Å². The Balaban J connectivity index is 1.52. The molecule has 1 saturated heterocycles. The minimum atomic E-state index is 0.100. The second-order valence-corrected chi connectivity index (χ2v) is 7.22. The molecule has 152 valence electrons. The lowest BCUT2D eigenvalue weighted by molar-refractivity contribution is 0.465. The standard InChI is InChI=1S/C22H29N7/c1-27-22-28(12-10-16-2-6-18(7-3-16)20(23)24)14-15-29(22)13-11-17-4-8-19(9-5-17)21(25)26/h2-9H,10-15H2,1H3,(H3,23,24)(H3,25,26). The van der Waals surface area contributed by atoms with Gasteiger partial charge in [-0.3, -0.25) is 15.8 Å². The molecule has 2 aromatic rings. The second-order valence-electron chi connectivity index (χ2n) is 7.22. The number of nitrogens with one attached hydrogen (secondary N) is 2. The van der Waals surface area contributed by atoms with Gasteiger partial charge in [-0.2, -0.15) is 0 Å². The summed E-state index contributed by atoms with van der Waals surface area (Å²) in [6.07, 6.45) is 1.86. The van der Waals surface area contributed by atoms with Crippen LogP contribution < -0.4 is 11.5 Å². The monoisotopic (exact) mass is 391 g/mol. The first-order chi connectivity index (χ1) is 14.0. The summed E-state index contributed by atoms with van der Waals surface area (Å²) >= 11 is 0. The summed E-state index contributed by atoms with van der Waals surface area (Å²) < 4.78 is 0. The van der Waals surface area contributed by atoms with Gasteiger partial charge in [-0.05, 0) is 24.0 Å². The Kier molecular flexibility index (Phi) is 6.49. The number of amidine groups is 2. The van der Waals surface area contributed by atoms with Crippen molar-refractivity contribution in [1.29, 1.82) is 10.8 Å². The normalized spacial score (nSPS) is 13.6. The van der Waals surface area contributed by atoms with Crippen molar-refractivity contribution >= 4 is 17.6 Å². The van der Waals surface area contributed by atoms with Gasteiger partial charge in [0.1, 0.15) is 11.7 Å². The number of aliphatic imine (C=N–C) groups is 1. The molecule has 0 spiro atoms. The molecule has 3 rings (SSSR count). The fourth-order valence-electron chi connectivity index (χ4n) is 3.58. The van der Waals surface area contributed by atoms with Crippen LogP contribution in [0.15, 0.2) is 53.5 Å². The van der Waals surface area contributed by atoms with Crippen LogP contribution in [0.25, 0.3) is 0 Å². The minimum Gasteiger partial charge on any atom is -0.384 e. The average molecular weight is 392 g/mol. The van der Waals surface area contributed by atoms with E-state index in [1.54, 1.807) is 0 Å². The Morgan fingerprint density at radius 1 is 0.793 bits per heavy atom. The Labute approximate surface area is 172 Å². The summed E-state index contributed by atoms with van der Waals surface area (Å²) in [7, 11) is 1.85. The van der Waals surface area contributed by atoms with Gasteiger partial charge < -0.3 is 21.3 Å². The Morgan fingerprint density at radius 3 is 1.48 bits per heavy atom. The minimum absolute atomic E-state index is 0.100. The van der Waals surface area contributed by atoms with Gasteiger partial charge in [0.2, 0.25) is 0 Å². The van der Waals surface area contributed by atoms with Gasteiger partial charge in [-0.25, -0.2) is 0 Å². The molecule has 6 N–H and O–H groups in total. The van der Waals surface area contributed by atoms with Crippen LogP contribution in [0.5, 0.6) is 0 Å². The molecule has 29 heavy (non-hydrogen) atoms. The predicted molar refractivity (Wildman–Crippen MR) is 119 cm³/mol.